The molecule has 5 heteroatoms. The molecule has 0 N–H and O–H groups in total. The normalized spacial score (nSPS) is 10.2. The molecule has 0 bridgehead atoms. The van der Waals surface area contributed by atoms with Gasteiger partial charge in [-0.15, -0.1) is 0 Å². The van der Waals surface area contributed by atoms with E-state index in [-0.39, 0.29) is 18.0 Å². The van der Waals surface area contributed by atoms with Gasteiger partial charge in [0.1, 0.15) is 6.61 Å². The largest absolute Gasteiger partial charge is 0.482 e. The van der Waals surface area contributed by atoms with Crippen molar-refractivity contribution in [2.24, 2.45) is 0 Å². The van der Waals surface area contributed by atoms with Crippen molar-refractivity contribution in [2.45, 2.75) is 13.5 Å². The number of hydrogen-bond donors (Lipinski definition) is 0. The third kappa shape index (κ3) is 3.45. The van der Waals surface area contributed by atoms with Gasteiger partial charge in [-0.3, -0.25) is 10.1 Å². The van der Waals surface area contributed by atoms with E-state index in [4.69, 9.17) is 16.3 Å². The predicted molar refractivity (Wildman–Crippen MR) is 73.6 cm³/mol. The lowest BCUT2D eigenvalue weighted by Crippen LogP contribution is -1.99. The molecule has 0 aliphatic rings. The molecule has 0 saturated carbocycles. The van der Waals surface area contributed by atoms with Gasteiger partial charge in [0.05, 0.1) is 4.92 Å². The molecule has 98 valence electrons. The molecular weight excluding hydrogens is 266 g/mol. The average molecular weight is 278 g/mol. The minimum Gasteiger partial charge on any atom is -0.482 e. The Morgan fingerprint density at radius 2 is 1.89 bits per heavy atom. The van der Waals surface area contributed by atoms with E-state index >= 15 is 0 Å². The number of halogens is 1. The molecule has 0 aliphatic heterocycles. The van der Waals surface area contributed by atoms with Crippen LogP contribution in [0.5, 0.6) is 5.75 Å². The Hall–Kier alpha value is -2.07. The second-order valence-corrected chi connectivity index (χ2v) is 4.58. The van der Waals surface area contributed by atoms with Gasteiger partial charge in [0.2, 0.25) is 0 Å². The number of aryl methyl sites for hydroxylation is 1. The van der Waals surface area contributed by atoms with Crippen LogP contribution in [-0.2, 0) is 6.61 Å². The summed E-state index contributed by atoms with van der Waals surface area (Å²) in [5.74, 6) is 0.278. The van der Waals surface area contributed by atoms with Crippen LogP contribution in [0, 0.1) is 17.0 Å². The van der Waals surface area contributed by atoms with E-state index in [9.17, 15) is 10.1 Å². The Kier molecular flexibility index (Phi) is 4.02. The van der Waals surface area contributed by atoms with Crippen molar-refractivity contribution in [3.05, 3.63) is 68.7 Å². The first-order valence-electron chi connectivity index (χ1n) is 5.68. The fourth-order valence-corrected chi connectivity index (χ4v) is 1.76. The number of ether oxygens (including phenoxy) is 1. The Morgan fingerprint density at radius 1 is 1.21 bits per heavy atom. The van der Waals surface area contributed by atoms with E-state index in [1.54, 1.807) is 24.3 Å². The molecule has 0 amide bonds. The number of nitro benzene ring substituents is 1. The van der Waals surface area contributed by atoms with Gasteiger partial charge in [0.15, 0.2) is 5.75 Å². The van der Waals surface area contributed by atoms with Crippen molar-refractivity contribution in [1.82, 2.24) is 0 Å². The van der Waals surface area contributed by atoms with Crippen LogP contribution in [0.1, 0.15) is 11.1 Å². The maximum atomic E-state index is 10.9. The van der Waals surface area contributed by atoms with Crippen LogP contribution in [0.3, 0.4) is 0 Å². The molecule has 2 aromatic carbocycles. The zero-order valence-electron chi connectivity index (χ0n) is 10.3. The van der Waals surface area contributed by atoms with Gasteiger partial charge in [-0.2, -0.15) is 0 Å². The van der Waals surface area contributed by atoms with Gasteiger partial charge in [0, 0.05) is 11.1 Å². The summed E-state index contributed by atoms with van der Waals surface area (Å²) in [4.78, 5) is 10.4. The van der Waals surface area contributed by atoms with Gasteiger partial charge in [-0.25, -0.2) is 0 Å². The van der Waals surface area contributed by atoms with Crippen LogP contribution in [0.15, 0.2) is 42.5 Å². The van der Waals surface area contributed by atoms with Gasteiger partial charge >= 0.3 is 5.69 Å². The molecule has 2 rings (SSSR count). The highest BCUT2D eigenvalue weighted by atomic mass is 35.5. The van der Waals surface area contributed by atoms with Crippen molar-refractivity contribution in [3.63, 3.8) is 0 Å². The van der Waals surface area contributed by atoms with Crippen molar-refractivity contribution < 1.29 is 9.66 Å². The van der Waals surface area contributed by atoms with E-state index < -0.39 is 4.92 Å². The maximum absolute atomic E-state index is 10.9. The fraction of sp³-hybridized carbons (Fsp3) is 0.143. The van der Waals surface area contributed by atoms with Gasteiger partial charge < -0.3 is 4.74 Å². The van der Waals surface area contributed by atoms with E-state index in [1.807, 2.05) is 19.1 Å². The van der Waals surface area contributed by atoms with Gasteiger partial charge in [0.25, 0.3) is 0 Å². The van der Waals surface area contributed by atoms with Crippen LogP contribution < -0.4 is 4.74 Å². The highest BCUT2D eigenvalue weighted by molar-refractivity contribution is 6.30. The summed E-state index contributed by atoms with van der Waals surface area (Å²) in [6, 6.07) is 12.0. The molecule has 0 aliphatic carbocycles. The third-order valence-corrected chi connectivity index (χ3v) is 2.87. The SMILES string of the molecule is Cc1ccc([N+](=O)[O-])c(OCc2ccc(Cl)cc2)c1. The molecule has 0 spiro atoms. The highest BCUT2D eigenvalue weighted by Gasteiger charge is 2.14. The molecule has 0 heterocycles. The van der Waals surface area contributed by atoms with Gasteiger partial charge in [-0.1, -0.05) is 29.8 Å². The topological polar surface area (TPSA) is 52.4 Å². The fourth-order valence-electron chi connectivity index (χ4n) is 1.63. The standard InChI is InChI=1S/C14H12ClNO3/c1-10-2-7-13(16(17)18)14(8-10)19-9-11-3-5-12(15)6-4-11/h2-8H,9H2,1H3. The lowest BCUT2D eigenvalue weighted by Gasteiger charge is -2.07. The molecule has 0 saturated heterocycles. The summed E-state index contributed by atoms with van der Waals surface area (Å²) in [6.45, 7) is 2.13. The van der Waals surface area contributed by atoms with Crippen molar-refractivity contribution in [2.75, 3.05) is 0 Å². The lowest BCUT2D eigenvalue weighted by atomic mass is 10.2. The van der Waals surface area contributed by atoms with Gasteiger partial charge in [-0.05, 0) is 36.2 Å². The summed E-state index contributed by atoms with van der Waals surface area (Å²) in [5, 5.41) is 11.5. The molecule has 0 aromatic heterocycles. The predicted octanol–water partition coefficient (Wildman–Crippen LogP) is 4.14. The zero-order valence-corrected chi connectivity index (χ0v) is 11.1. The molecule has 2 aromatic rings. The Balaban J connectivity index is 2.16. The monoisotopic (exact) mass is 277 g/mol. The minimum atomic E-state index is -0.448. The second-order valence-electron chi connectivity index (χ2n) is 4.14. The first kappa shape index (κ1) is 13.4. The average Bonchev–Trinajstić information content (AvgIpc) is 2.38. The number of rotatable bonds is 4. The minimum absolute atomic E-state index is 0.0282. The molecule has 4 nitrogen and oxygen atoms in total. The molecule has 19 heavy (non-hydrogen) atoms. The molecular formula is C14H12ClNO3. The smallest absolute Gasteiger partial charge is 0.310 e. The molecule has 0 atom stereocenters. The van der Waals surface area contributed by atoms with E-state index in [2.05, 4.69) is 0 Å². The molecule has 0 unspecified atom stereocenters. The Morgan fingerprint density at radius 3 is 2.53 bits per heavy atom. The van der Waals surface area contributed by atoms with Crippen molar-refractivity contribution in [3.8, 4) is 5.75 Å². The molecule has 0 radical (unpaired) electrons. The van der Waals surface area contributed by atoms with Crippen LogP contribution in [-0.4, -0.2) is 4.92 Å². The lowest BCUT2D eigenvalue weighted by molar-refractivity contribution is -0.386. The van der Waals surface area contributed by atoms with E-state index in [1.165, 1.54) is 6.07 Å². The number of hydrogen-bond acceptors (Lipinski definition) is 3. The summed E-state index contributed by atoms with van der Waals surface area (Å²) in [5.41, 5.74) is 1.79. The van der Waals surface area contributed by atoms with Crippen LogP contribution in [0.25, 0.3) is 0 Å². The van der Waals surface area contributed by atoms with Crippen LogP contribution in [0.4, 0.5) is 5.69 Å². The van der Waals surface area contributed by atoms with E-state index in [0.29, 0.717) is 5.02 Å². The number of nitro groups is 1. The Labute approximate surface area is 115 Å². The van der Waals surface area contributed by atoms with Crippen LogP contribution >= 0.6 is 11.6 Å². The maximum Gasteiger partial charge on any atom is 0.310 e. The number of benzene rings is 2. The van der Waals surface area contributed by atoms with Crippen LogP contribution in [0.2, 0.25) is 5.02 Å². The third-order valence-electron chi connectivity index (χ3n) is 2.62. The zero-order chi connectivity index (χ0) is 13.8. The second kappa shape index (κ2) is 5.71. The number of nitrogens with zero attached hydrogens (tertiary/aromatic N) is 1. The summed E-state index contributed by atoms with van der Waals surface area (Å²) in [6.07, 6.45) is 0. The van der Waals surface area contributed by atoms with E-state index in [0.717, 1.165) is 11.1 Å². The summed E-state index contributed by atoms with van der Waals surface area (Å²) in [7, 11) is 0. The van der Waals surface area contributed by atoms with Crippen molar-refractivity contribution >= 4 is 17.3 Å². The Bertz CT molecular complexity index is 596. The first-order chi connectivity index (χ1) is 9.06. The highest BCUT2D eigenvalue weighted by Crippen LogP contribution is 2.28. The summed E-state index contributed by atoms with van der Waals surface area (Å²) >= 11 is 5.79. The summed E-state index contributed by atoms with van der Waals surface area (Å²) < 4.78 is 5.52. The van der Waals surface area contributed by atoms with Crippen molar-refractivity contribution in [1.29, 1.82) is 0 Å². The molecule has 0 fully saturated rings. The first-order valence-corrected chi connectivity index (χ1v) is 6.06. The quantitative estimate of drug-likeness (QED) is 0.623.